The van der Waals surface area contributed by atoms with Crippen molar-refractivity contribution in [1.29, 1.82) is 0 Å². The second-order valence-electron chi connectivity index (χ2n) is 7.44. The van der Waals surface area contributed by atoms with E-state index in [4.69, 9.17) is 9.84 Å². The molecule has 0 spiro atoms. The Balaban J connectivity index is 1.55. The van der Waals surface area contributed by atoms with Crippen molar-refractivity contribution < 1.29 is 24.6 Å². The third kappa shape index (κ3) is 3.01. The van der Waals surface area contributed by atoms with Crippen molar-refractivity contribution in [3.8, 4) is 0 Å². The summed E-state index contributed by atoms with van der Waals surface area (Å²) < 4.78 is 7.87. The van der Waals surface area contributed by atoms with Crippen LogP contribution in [0.5, 0.6) is 0 Å². The van der Waals surface area contributed by atoms with Crippen LogP contribution in [0.1, 0.15) is 24.8 Å². The Labute approximate surface area is 147 Å². The van der Waals surface area contributed by atoms with Gasteiger partial charge < -0.3 is 20.1 Å². The molecule has 134 valence electrons. The maximum atomic E-state index is 11.2. The van der Waals surface area contributed by atoms with Gasteiger partial charge in [0.1, 0.15) is 24.5 Å². The van der Waals surface area contributed by atoms with Gasteiger partial charge in [-0.25, -0.2) is 4.58 Å². The predicted molar refractivity (Wildman–Crippen MR) is 94.3 cm³/mol. The van der Waals surface area contributed by atoms with Crippen molar-refractivity contribution in [3.63, 3.8) is 0 Å². The number of hydrogen-bond donors (Lipinski definition) is 3. The van der Waals surface area contributed by atoms with Crippen molar-refractivity contribution in [2.45, 2.75) is 37.4 Å². The van der Waals surface area contributed by atoms with Gasteiger partial charge >= 0.3 is 0 Å². The summed E-state index contributed by atoms with van der Waals surface area (Å²) in [6.45, 7) is 1.62. The molecule has 0 saturated carbocycles. The molecular weight excluding hydrogens is 318 g/mol. The zero-order chi connectivity index (χ0) is 17.4. The van der Waals surface area contributed by atoms with Crippen LogP contribution in [0.4, 0.5) is 5.69 Å². The lowest BCUT2D eigenvalue weighted by Gasteiger charge is -2.40. The quantitative estimate of drug-likeness (QED) is 0.730. The summed E-state index contributed by atoms with van der Waals surface area (Å²) in [6.07, 6.45) is 6.28. The number of aliphatic hydroxyl groups is 3. The summed E-state index contributed by atoms with van der Waals surface area (Å²) in [5.74, 6) is 0.549. The first-order chi connectivity index (χ1) is 12.1. The maximum Gasteiger partial charge on any atom is 0.204 e. The molecular formula is C20H26NO4+. The lowest BCUT2D eigenvalue weighted by atomic mass is 9.69. The Kier molecular flexibility index (Phi) is 4.40. The number of hydrogen-bond acceptors (Lipinski definition) is 4. The lowest BCUT2D eigenvalue weighted by molar-refractivity contribution is -0.426. The maximum absolute atomic E-state index is 11.2. The van der Waals surface area contributed by atoms with Crippen molar-refractivity contribution in [3.05, 3.63) is 41.7 Å². The standard InChI is InChI=1S/C20H25NO4/c22-9-6-14-1-3-16(4-2-14)21-8-5-15(13-21)18-11-17(23)12-19-20(18,24)7-10-25-19/h1-4,12-13,15,18-19,22,24H,5-11H2/p+1/t15?,18?,19-,20?/m1/s1. The van der Waals surface area contributed by atoms with Crippen LogP contribution in [-0.4, -0.2) is 57.6 Å². The van der Waals surface area contributed by atoms with Gasteiger partial charge in [0.05, 0.1) is 12.4 Å². The molecule has 0 amide bonds. The van der Waals surface area contributed by atoms with Gasteiger partial charge in [-0.2, -0.15) is 0 Å². The first-order valence-corrected chi connectivity index (χ1v) is 9.15. The summed E-state index contributed by atoms with van der Waals surface area (Å²) in [6, 6.07) is 8.27. The fourth-order valence-electron chi connectivity index (χ4n) is 4.56. The second-order valence-corrected chi connectivity index (χ2v) is 7.44. The van der Waals surface area contributed by atoms with E-state index in [1.807, 2.05) is 0 Å². The van der Waals surface area contributed by atoms with Crippen LogP contribution in [0.3, 0.4) is 0 Å². The molecule has 3 unspecified atom stereocenters. The van der Waals surface area contributed by atoms with Crippen LogP contribution in [0.2, 0.25) is 0 Å². The summed E-state index contributed by atoms with van der Waals surface area (Å²) >= 11 is 0. The molecule has 1 fully saturated rings. The second kappa shape index (κ2) is 6.56. The topological polar surface area (TPSA) is 72.9 Å². The van der Waals surface area contributed by atoms with E-state index in [1.54, 1.807) is 6.08 Å². The molecule has 1 saturated heterocycles. The van der Waals surface area contributed by atoms with E-state index in [0.29, 0.717) is 31.6 Å². The van der Waals surface area contributed by atoms with E-state index in [9.17, 15) is 10.2 Å². The zero-order valence-corrected chi connectivity index (χ0v) is 14.3. The van der Waals surface area contributed by atoms with Crippen LogP contribution in [0.15, 0.2) is 36.1 Å². The van der Waals surface area contributed by atoms with Gasteiger partial charge in [-0.05, 0) is 18.1 Å². The van der Waals surface area contributed by atoms with Crippen LogP contribution in [0, 0.1) is 11.8 Å². The van der Waals surface area contributed by atoms with E-state index >= 15 is 0 Å². The summed E-state index contributed by atoms with van der Waals surface area (Å²) in [7, 11) is 0. The minimum Gasteiger partial charge on any atom is -0.513 e. The van der Waals surface area contributed by atoms with Crippen molar-refractivity contribution in [2.24, 2.45) is 11.8 Å². The third-order valence-corrected chi connectivity index (χ3v) is 5.97. The number of nitrogens with zero attached hydrogens (tertiary/aromatic N) is 1. The van der Waals surface area contributed by atoms with Crippen LogP contribution < -0.4 is 0 Å². The molecule has 1 aromatic rings. The minimum atomic E-state index is -0.867. The average molecular weight is 344 g/mol. The molecule has 3 N–H and O–H groups in total. The van der Waals surface area contributed by atoms with E-state index < -0.39 is 5.60 Å². The van der Waals surface area contributed by atoms with Gasteiger partial charge in [-0.15, -0.1) is 0 Å². The van der Waals surface area contributed by atoms with E-state index in [2.05, 4.69) is 35.1 Å². The number of rotatable bonds is 4. The monoisotopic (exact) mass is 344 g/mol. The summed E-state index contributed by atoms with van der Waals surface area (Å²) in [4.78, 5) is 0. The fourth-order valence-corrected chi connectivity index (χ4v) is 4.56. The molecule has 0 radical (unpaired) electrons. The normalized spacial score (nSPS) is 34.6. The molecule has 1 aromatic carbocycles. The highest BCUT2D eigenvalue weighted by atomic mass is 16.5. The molecule has 2 aliphatic heterocycles. The SMILES string of the molecule is OCCc1ccc([N+]2=CC(C3CC(O)=C[C@H]4OCCC34O)CC2)cc1. The molecule has 5 heteroatoms. The Morgan fingerprint density at radius 2 is 2.04 bits per heavy atom. The predicted octanol–water partition coefficient (Wildman–Crippen LogP) is 1.94. The number of ether oxygens (including phenoxy) is 1. The van der Waals surface area contributed by atoms with E-state index in [-0.39, 0.29) is 24.5 Å². The van der Waals surface area contributed by atoms with Crippen LogP contribution in [0.25, 0.3) is 0 Å². The average Bonchev–Trinajstić information content (AvgIpc) is 3.22. The number of aliphatic hydroxyl groups excluding tert-OH is 2. The van der Waals surface area contributed by atoms with Crippen molar-refractivity contribution in [2.75, 3.05) is 19.8 Å². The van der Waals surface area contributed by atoms with Gasteiger partial charge in [0.15, 0.2) is 0 Å². The number of allylic oxidation sites excluding steroid dienone is 1. The zero-order valence-electron chi connectivity index (χ0n) is 14.3. The Morgan fingerprint density at radius 1 is 1.24 bits per heavy atom. The molecule has 0 bridgehead atoms. The largest absolute Gasteiger partial charge is 0.513 e. The highest BCUT2D eigenvalue weighted by molar-refractivity contribution is 5.60. The lowest BCUT2D eigenvalue weighted by Crippen LogP contribution is -2.50. The Bertz CT molecular complexity index is 696. The molecule has 1 aliphatic carbocycles. The van der Waals surface area contributed by atoms with Crippen molar-refractivity contribution >= 4 is 11.9 Å². The van der Waals surface area contributed by atoms with Crippen LogP contribution >= 0.6 is 0 Å². The van der Waals surface area contributed by atoms with Gasteiger partial charge in [-0.3, -0.25) is 0 Å². The smallest absolute Gasteiger partial charge is 0.204 e. The van der Waals surface area contributed by atoms with E-state index in [0.717, 1.165) is 24.2 Å². The highest BCUT2D eigenvalue weighted by Crippen LogP contribution is 2.45. The number of fused-ring (bicyclic) bond motifs is 1. The Morgan fingerprint density at radius 3 is 2.80 bits per heavy atom. The van der Waals surface area contributed by atoms with Crippen LogP contribution in [-0.2, 0) is 11.2 Å². The van der Waals surface area contributed by atoms with Gasteiger partial charge in [0.25, 0.3) is 0 Å². The third-order valence-electron chi connectivity index (χ3n) is 5.97. The highest BCUT2D eigenvalue weighted by Gasteiger charge is 2.54. The first kappa shape index (κ1) is 16.8. The van der Waals surface area contributed by atoms with Gasteiger partial charge in [0, 0.05) is 49.8 Å². The molecule has 5 nitrogen and oxygen atoms in total. The summed E-state index contributed by atoms with van der Waals surface area (Å²) in [5, 5.41) is 30.3. The van der Waals surface area contributed by atoms with E-state index in [1.165, 1.54) is 0 Å². The molecule has 0 aromatic heterocycles. The van der Waals surface area contributed by atoms with Crippen molar-refractivity contribution in [1.82, 2.24) is 0 Å². The molecule has 3 aliphatic rings. The first-order valence-electron chi connectivity index (χ1n) is 9.15. The summed E-state index contributed by atoms with van der Waals surface area (Å²) in [5.41, 5.74) is 1.39. The number of benzene rings is 1. The van der Waals surface area contributed by atoms with Gasteiger partial charge in [-0.1, -0.05) is 12.1 Å². The molecule has 25 heavy (non-hydrogen) atoms. The molecule has 2 heterocycles. The van der Waals surface area contributed by atoms with Gasteiger partial charge in [0.2, 0.25) is 5.69 Å². The fraction of sp³-hybridized carbons (Fsp3) is 0.550. The Hall–Kier alpha value is -1.69. The molecule has 4 atom stereocenters. The minimum absolute atomic E-state index is 0.0105. The molecule has 4 rings (SSSR count).